The summed E-state index contributed by atoms with van der Waals surface area (Å²) in [7, 11) is 0. The largest absolute Gasteiger partial charge is 0.480 e. The van der Waals surface area contributed by atoms with Gasteiger partial charge in [0.2, 0.25) is 11.8 Å². The number of quaternary nitrogens is 1. The van der Waals surface area contributed by atoms with Gasteiger partial charge in [0.05, 0.1) is 13.1 Å². The number of hydrogen-bond donors (Lipinski definition) is 5. The monoisotopic (exact) mass is 351 g/mol. The number of hydrogen-bond acceptors (Lipinski definition) is 4. The summed E-state index contributed by atoms with van der Waals surface area (Å²) in [5.41, 5.74) is 5.88. The molecule has 0 aliphatic carbocycles. The molecule has 9 heteroatoms. The van der Waals surface area contributed by atoms with E-state index in [9.17, 15) is 19.2 Å². The molecule has 3 amide bonds. The van der Waals surface area contributed by atoms with Crippen molar-refractivity contribution >= 4 is 23.7 Å². The number of carbonyl (C=O) groups is 4. The van der Waals surface area contributed by atoms with Gasteiger partial charge >= 0.3 is 5.97 Å². The van der Waals surface area contributed by atoms with Gasteiger partial charge in [0, 0.05) is 6.42 Å². The number of carboxylic acids is 1. The molecule has 1 atom stereocenters. The molecule has 0 saturated carbocycles. The van der Waals surface area contributed by atoms with E-state index in [1.165, 1.54) is 0 Å². The van der Waals surface area contributed by atoms with Crippen LogP contribution >= 0.6 is 0 Å². The molecule has 0 fully saturated rings. The first kappa shape index (κ1) is 20.1. The number of carbonyl (C=O) groups excluding carboxylic acids is 3. The minimum atomic E-state index is -1.18. The third-order valence-electron chi connectivity index (χ3n) is 3.28. The summed E-state index contributed by atoms with van der Waals surface area (Å²) < 4.78 is 0. The molecule has 1 aromatic rings. The highest BCUT2D eigenvalue weighted by atomic mass is 16.4. The fourth-order valence-electron chi connectivity index (χ4n) is 1.89. The number of nitrogens with one attached hydrogen (secondary N) is 3. The van der Waals surface area contributed by atoms with Crippen molar-refractivity contribution in [1.29, 1.82) is 0 Å². The molecule has 1 aromatic carbocycles. The average Bonchev–Trinajstić information content (AvgIpc) is 2.57. The molecule has 0 aliphatic heterocycles. The Morgan fingerprint density at radius 1 is 0.960 bits per heavy atom. The predicted molar refractivity (Wildman–Crippen MR) is 88.2 cm³/mol. The zero-order valence-corrected chi connectivity index (χ0v) is 14.0. The molecule has 0 radical (unpaired) electrons. The first-order valence-corrected chi connectivity index (χ1v) is 7.69. The minimum absolute atomic E-state index is 0.287. The molecule has 25 heavy (non-hydrogen) atoms. The smallest absolute Gasteiger partial charge is 0.322 e. The number of benzene rings is 1. The van der Waals surface area contributed by atoms with Crippen LogP contribution in [0, 0.1) is 6.92 Å². The van der Waals surface area contributed by atoms with Crippen LogP contribution < -0.4 is 21.7 Å². The van der Waals surface area contributed by atoms with Gasteiger partial charge in [-0.1, -0.05) is 29.8 Å². The van der Waals surface area contributed by atoms with Gasteiger partial charge in [-0.25, -0.2) is 0 Å². The van der Waals surface area contributed by atoms with Crippen LogP contribution in [-0.4, -0.2) is 54.5 Å². The zero-order chi connectivity index (χ0) is 18.8. The second kappa shape index (κ2) is 10.0. The summed E-state index contributed by atoms with van der Waals surface area (Å²) in [6, 6.07) is 7.19. The van der Waals surface area contributed by atoms with Crippen molar-refractivity contribution in [2.24, 2.45) is 0 Å². The lowest BCUT2D eigenvalue weighted by atomic mass is 10.0. The van der Waals surface area contributed by atoms with Gasteiger partial charge in [-0.2, -0.15) is 0 Å². The summed E-state index contributed by atoms with van der Waals surface area (Å²) >= 11 is 0. The number of rotatable bonds is 9. The third kappa shape index (κ3) is 8.47. The molecular weight excluding hydrogens is 328 g/mol. The Balaban J connectivity index is 2.27. The quantitative estimate of drug-likeness (QED) is 0.335. The zero-order valence-electron chi connectivity index (χ0n) is 14.0. The summed E-state index contributed by atoms with van der Waals surface area (Å²) in [6.07, 6.45) is 0.450. The van der Waals surface area contributed by atoms with Crippen molar-refractivity contribution in [3.8, 4) is 0 Å². The molecular formula is C16H23N4O5+. The first-order chi connectivity index (χ1) is 11.8. The van der Waals surface area contributed by atoms with Gasteiger partial charge in [0.15, 0.2) is 6.04 Å². The van der Waals surface area contributed by atoms with Crippen LogP contribution in [0.1, 0.15) is 11.1 Å². The van der Waals surface area contributed by atoms with E-state index in [4.69, 9.17) is 5.11 Å². The summed E-state index contributed by atoms with van der Waals surface area (Å²) in [6.45, 7) is 0.802. The van der Waals surface area contributed by atoms with Crippen LogP contribution in [0.4, 0.5) is 0 Å². The standard InChI is InChI=1S/C16H22N4O5/c1-10-2-4-11(5-3-10)6-12(17)16(25)20-8-14(22)18-7-13(21)19-9-15(23)24/h2-5,12H,6-9,17H2,1H3,(H,18,22)(H,19,21)(H,20,25)(H,23,24)/p+1. The van der Waals surface area contributed by atoms with E-state index < -0.39 is 30.4 Å². The highest BCUT2D eigenvalue weighted by Gasteiger charge is 2.18. The molecule has 0 saturated heterocycles. The van der Waals surface area contributed by atoms with Gasteiger partial charge in [0.1, 0.15) is 6.54 Å². The lowest BCUT2D eigenvalue weighted by Gasteiger charge is -2.10. The molecule has 9 nitrogen and oxygen atoms in total. The maximum Gasteiger partial charge on any atom is 0.322 e. The van der Waals surface area contributed by atoms with Crippen molar-refractivity contribution in [3.63, 3.8) is 0 Å². The van der Waals surface area contributed by atoms with Crippen LogP contribution in [0.25, 0.3) is 0 Å². The highest BCUT2D eigenvalue weighted by Crippen LogP contribution is 2.04. The molecule has 1 unspecified atom stereocenters. The molecule has 0 bridgehead atoms. The molecule has 136 valence electrons. The lowest BCUT2D eigenvalue weighted by molar-refractivity contribution is -0.403. The molecule has 7 N–H and O–H groups in total. The van der Waals surface area contributed by atoms with Crippen LogP contribution in [0.5, 0.6) is 0 Å². The Morgan fingerprint density at radius 2 is 1.48 bits per heavy atom. The summed E-state index contributed by atoms with van der Waals surface area (Å²) in [5, 5.41) is 15.2. The van der Waals surface area contributed by atoms with Crippen LogP contribution in [0.2, 0.25) is 0 Å². The maximum atomic E-state index is 11.9. The fourth-order valence-corrected chi connectivity index (χ4v) is 1.89. The van der Waals surface area contributed by atoms with Crippen molar-refractivity contribution in [2.45, 2.75) is 19.4 Å². The average molecular weight is 351 g/mol. The second-order valence-corrected chi connectivity index (χ2v) is 5.55. The Morgan fingerprint density at radius 3 is 2.04 bits per heavy atom. The molecule has 0 aromatic heterocycles. The molecule has 0 heterocycles. The van der Waals surface area contributed by atoms with Gasteiger partial charge in [-0.05, 0) is 12.5 Å². The van der Waals surface area contributed by atoms with Crippen molar-refractivity contribution in [1.82, 2.24) is 16.0 Å². The van der Waals surface area contributed by atoms with Gasteiger partial charge < -0.3 is 26.8 Å². The van der Waals surface area contributed by atoms with Crippen LogP contribution in [0.15, 0.2) is 24.3 Å². The SMILES string of the molecule is Cc1ccc(CC([NH3+])C(=O)NCC(=O)NCC(=O)NCC(=O)O)cc1. The van der Waals surface area contributed by atoms with Crippen molar-refractivity contribution < 1.29 is 30.0 Å². The Hall–Kier alpha value is -2.94. The molecule has 0 spiro atoms. The molecule has 1 rings (SSSR count). The van der Waals surface area contributed by atoms with Crippen LogP contribution in [0.3, 0.4) is 0 Å². The summed E-state index contributed by atoms with van der Waals surface area (Å²) in [5.74, 6) is -2.73. The van der Waals surface area contributed by atoms with E-state index in [0.717, 1.165) is 11.1 Å². The minimum Gasteiger partial charge on any atom is -0.480 e. The van der Waals surface area contributed by atoms with Crippen molar-refractivity contribution in [3.05, 3.63) is 35.4 Å². The number of carboxylic acid groups (broad SMARTS) is 1. The highest BCUT2D eigenvalue weighted by molar-refractivity contribution is 5.89. The Labute approximate surface area is 145 Å². The molecule has 0 aliphatic rings. The van der Waals surface area contributed by atoms with Crippen LogP contribution in [-0.2, 0) is 25.6 Å². The first-order valence-electron chi connectivity index (χ1n) is 7.69. The summed E-state index contributed by atoms with van der Waals surface area (Å²) in [4.78, 5) is 45.0. The number of amides is 3. The Bertz CT molecular complexity index is 630. The van der Waals surface area contributed by atoms with E-state index in [-0.39, 0.29) is 19.0 Å². The predicted octanol–water partition coefficient (Wildman–Crippen LogP) is -2.42. The number of aryl methyl sites for hydroxylation is 1. The Kier molecular flexibility index (Phi) is 8.07. The van der Waals surface area contributed by atoms with E-state index in [0.29, 0.717) is 6.42 Å². The number of aliphatic carboxylic acids is 1. The maximum absolute atomic E-state index is 11.9. The van der Waals surface area contributed by atoms with E-state index in [1.807, 2.05) is 31.2 Å². The van der Waals surface area contributed by atoms with Gasteiger partial charge in [0.25, 0.3) is 5.91 Å². The van der Waals surface area contributed by atoms with Crippen molar-refractivity contribution in [2.75, 3.05) is 19.6 Å². The van der Waals surface area contributed by atoms with Gasteiger partial charge in [-0.3, -0.25) is 19.2 Å². The topological polar surface area (TPSA) is 152 Å². The van der Waals surface area contributed by atoms with E-state index in [1.54, 1.807) is 0 Å². The van der Waals surface area contributed by atoms with E-state index >= 15 is 0 Å². The van der Waals surface area contributed by atoms with E-state index in [2.05, 4.69) is 21.7 Å². The normalized spacial score (nSPS) is 11.3. The van der Waals surface area contributed by atoms with Gasteiger partial charge in [-0.15, -0.1) is 0 Å². The lowest BCUT2D eigenvalue weighted by Crippen LogP contribution is -2.68. The fraction of sp³-hybridized carbons (Fsp3) is 0.375. The second-order valence-electron chi connectivity index (χ2n) is 5.55. The third-order valence-corrected chi connectivity index (χ3v) is 3.28.